The molecule has 0 saturated carbocycles. The van der Waals surface area contributed by atoms with Gasteiger partial charge in [0.1, 0.15) is 5.75 Å². The third-order valence-corrected chi connectivity index (χ3v) is 6.69. The summed E-state index contributed by atoms with van der Waals surface area (Å²) in [6.07, 6.45) is 12.0. The van der Waals surface area contributed by atoms with Crippen LogP contribution in [0.2, 0.25) is 0 Å². The van der Waals surface area contributed by atoms with Gasteiger partial charge >= 0.3 is 0 Å². The van der Waals surface area contributed by atoms with E-state index in [-0.39, 0.29) is 5.78 Å². The summed E-state index contributed by atoms with van der Waals surface area (Å²) >= 11 is 8.91. The SMILES string of the molecule is CC(=O)C=Cc1ccc(OCCCCCCCCc2cc(Br)sc2Br)cc1. The van der Waals surface area contributed by atoms with Crippen LogP contribution in [0, 0.1) is 0 Å². The molecule has 5 heteroatoms. The second kappa shape index (κ2) is 12.5. The summed E-state index contributed by atoms with van der Waals surface area (Å²) in [4.78, 5) is 10.9. The number of rotatable bonds is 12. The van der Waals surface area contributed by atoms with Gasteiger partial charge in [0.25, 0.3) is 0 Å². The van der Waals surface area contributed by atoms with Crippen LogP contribution in [-0.4, -0.2) is 12.4 Å². The van der Waals surface area contributed by atoms with Gasteiger partial charge in [0.2, 0.25) is 0 Å². The lowest BCUT2D eigenvalue weighted by Gasteiger charge is -2.06. The Balaban J connectivity index is 1.49. The van der Waals surface area contributed by atoms with Gasteiger partial charge < -0.3 is 4.74 Å². The molecule has 0 N–H and O–H groups in total. The van der Waals surface area contributed by atoms with Gasteiger partial charge in [0.05, 0.1) is 14.2 Å². The first-order valence-electron chi connectivity index (χ1n) is 9.40. The molecule has 0 aliphatic rings. The Morgan fingerprint density at radius 2 is 1.70 bits per heavy atom. The van der Waals surface area contributed by atoms with E-state index >= 15 is 0 Å². The van der Waals surface area contributed by atoms with Crippen molar-refractivity contribution in [3.8, 4) is 5.75 Å². The highest BCUT2D eigenvalue weighted by atomic mass is 79.9. The first-order chi connectivity index (χ1) is 13.0. The molecule has 0 spiro atoms. The Bertz CT molecular complexity index is 735. The molecule has 0 atom stereocenters. The second-order valence-electron chi connectivity index (χ2n) is 6.58. The van der Waals surface area contributed by atoms with Crippen LogP contribution in [-0.2, 0) is 11.2 Å². The number of allylic oxidation sites excluding steroid dienone is 1. The molecule has 0 bridgehead atoms. The first-order valence-corrected chi connectivity index (χ1v) is 11.8. The molecule has 1 heterocycles. The largest absolute Gasteiger partial charge is 0.494 e. The first kappa shape index (κ1) is 22.4. The van der Waals surface area contributed by atoms with Gasteiger partial charge in [-0.3, -0.25) is 4.79 Å². The van der Waals surface area contributed by atoms with E-state index in [0.717, 1.165) is 30.8 Å². The minimum absolute atomic E-state index is 0.0581. The van der Waals surface area contributed by atoms with Gasteiger partial charge in [0.15, 0.2) is 5.78 Å². The lowest BCUT2D eigenvalue weighted by Crippen LogP contribution is -1.97. The third-order valence-electron chi connectivity index (χ3n) is 4.23. The number of ether oxygens (including phenoxy) is 1. The number of carbonyl (C=O) groups is 1. The molecule has 0 amide bonds. The van der Waals surface area contributed by atoms with Crippen LogP contribution in [0.1, 0.15) is 56.6 Å². The molecule has 1 aromatic heterocycles. The van der Waals surface area contributed by atoms with Crippen molar-refractivity contribution in [1.29, 1.82) is 0 Å². The number of hydrogen-bond acceptors (Lipinski definition) is 3. The van der Waals surface area contributed by atoms with Crippen molar-refractivity contribution in [2.75, 3.05) is 6.61 Å². The fourth-order valence-corrected chi connectivity index (χ4v) is 5.66. The van der Waals surface area contributed by atoms with Crippen LogP contribution in [0.4, 0.5) is 0 Å². The highest BCUT2D eigenvalue weighted by Crippen LogP contribution is 2.32. The molecule has 0 unspecified atom stereocenters. The van der Waals surface area contributed by atoms with E-state index in [9.17, 15) is 4.79 Å². The predicted octanol–water partition coefficient (Wildman–Crippen LogP) is 7.84. The summed E-state index contributed by atoms with van der Waals surface area (Å²) in [6, 6.07) is 10.1. The summed E-state index contributed by atoms with van der Waals surface area (Å²) in [5.74, 6) is 0.949. The van der Waals surface area contributed by atoms with Crippen LogP contribution in [0.5, 0.6) is 5.75 Å². The number of carbonyl (C=O) groups excluding carboxylic acids is 1. The number of hydrogen-bond donors (Lipinski definition) is 0. The Morgan fingerprint density at radius 1 is 1.04 bits per heavy atom. The van der Waals surface area contributed by atoms with Crippen molar-refractivity contribution >= 4 is 55.1 Å². The van der Waals surface area contributed by atoms with E-state index in [1.165, 1.54) is 45.2 Å². The van der Waals surface area contributed by atoms with Crippen molar-refractivity contribution in [3.05, 3.63) is 55.1 Å². The van der Waals surface area contributed by atoms with E-state index in [2.05, 4.69) is 37.9 Å². The van der Waals surface area contributed by atoms with Crippen LogP contribution < -0.4 is 4.74 Å². The Hall–Kier alpha value is -0.910. The summed E-state index contributed by atoms with van der Waals surface area (Å²) < 4.78 is 8.25. The molecular weight excluding hydrogens is 488 g/mol. The van der Waals surface area contributed by atoms with Crippen molar-refractivity contribution < 1.29 is 9.53 Å². The molecule has 0 radical (unpaired) electrons. The van der Waals surface area contributed by atoms with Crippen LogP contribution in [0.15, 0.2) is 44.0 Å². The molecule has 1 aromatic carbocycles. The van der Waals surface area contributed by atoms with Gasteiger partial charge in [-0.2, -0.15) is 0 Å². The van der Waals surface area contributed by atoms with Gasteiger partial charge in [-0.1, -0.05) is 43.9 Å². The maximum Gasteiger partial charge on any atom is 0.152 e. The number of unbranched alkanes of at least 4 members (excludes halogenated alkanes) is 5. The second-order valence-corrected chi connectivity index (χ2v) is 10.3. The minimum Gasteiger partial charge on any atom is -0.494 e. The van der Waals surface area contributed by atoms with Crippen molar-refractivity contribution in [2.45, 2.75) is 51.9 Å². The zero-order chi connectivity index (χ0) is 19.5. The van der Waals surface area contributed by atoms with Gasteiger partial charge in [0, 0.05) is 0 Å². The van der Waals surface area contributed by atoms with Gasteiger partial charge in [-0.15, -0.1) is 11.3 Å². The third kappa shape index (κ3) is 9.22. The van der Waals surface area contributed by atoms with E-state index < -0.39 is 0 Å². The molecular formula is C22H26Br2O2S. The topological polar surface area (TPSA) is 26.3 Å². The summed E-state index contributed by atoms with van der Waals surface area (Å²) in [5, 5.41) is 0. The maximum atomic E-state index is 10.9. The summed E-state index contributed by atoms with van der Waals surface area (Å²) in [7, 11) is 0. The zero-order valence-electron chi connectivity index (χ0n) is 15.7. The molecule has 2 rings (SSSR count). The van der Waals surface area contributed by atoms with E-state index in [0.29, 0.717) is 0 Å². The normalized spacial score (nSPS) is 11.2. The lowest BCUT2D eigenvalue weighted by atomic mass is 10.1. The molecule has 146 valence electrons. The predicted molar refractivity (Wildman–Crippen MR) is 123 cm³/mol. The molecule has 0 aliphatic heterocycles. The molecule has 27 heavy (non-hydrogen) atoms. The van der Waals surface area contributed by atoms with Gasteiger partial charge in [-0.25, -0.2) is 0 Å². The van der Waals surface area contributed by atoms with Crippen molar-refractivity contribution in [1.82, 2.24) is 0 Å². The Morgan fingerprint density at radius 3 is 2.33 bits per heavy atom. The summed E-state index contributed by atoms with van der Waals surface area (Å²) in [6.45, 7) is 2.31. The smallest absolute Gasteiger partial charge is 0.152 e. The molecule has 0 fully saturated rings. The monoisotopic (exact) mass is 512 g/mol. The maximum absolute atomic E-state index is 10.9. The Labute approximate surface area is 183 Å². The fraction of sp³-hybridized carbons (Fsp3) is 0.409. The molecule has 2 aromatic rings. The highest BCUT2D eigenvalue weighted by molar-refractivity contribution is 9.12. The van der Waals surface area contributed by atoms with Crippen LogP contribution >= 0.6 is 43.2 Å². The highest BCUT2D eigenvalue weighted by Gasteiger charge is 2.04. The number of aryl methyl sites for hydroxylation is 1. The van der Waals surface area contributed by atoms with E-state index in [1.807, 2.05) is 30.3 Å². The number of halogens is 2. The van der Waals surface area contributed by atoms with Crippen molar-refractivity contribution in [2.24, 2.45) is 0 Å². The molecule has 0 aliphatic carbocycles. The van der Waals surface area contributed by atoms with Gasteiger partial charge in [-0.05, 0) is 93.4 Å². The number of thiophene rings is 1. The van der Waals surface area contributed by atoms with Crippen molar-refractivity contribution in [3.63, 3.8) is 0 Å². The quantitative estimate of drug-likeness (QED) is 0.213. The van der Waals surface area contributed by atoms with E-state index in [1.54, 1.807) is 24.3 Å². The molecule has 0 saturated heterocycles. The minimum atomic E-state index is 0.0581. The Kier molecular flexibility index (Phi) is 10.4. The van der Waals surface area contributed by atoms with E-state index in [4.69, 9.17) is 4.74 Å². The molecule has 2 nitrogen and oxygen atoms in total. The van der Waals surface area contributed by atoms with Crippen LogP contribution in [0.25, 0.3) is 6.08 Å². The standard InChI is InChI=1S/C22H26Br2O2S/c1-17(25)9-10-18-11-13-20(14-12-18)26-15-7-5-3-2-4-6-8-19-16-21(23)27-22(19)24/h9-14,16H,2-8,15H2,1H3. The van der Waals surface area contributed by atoms with Crippen LogP contribution in [0.3, 0.4) is 0 Å². The average Bonchev–Trinajstić information content (AvgIpc) is 2.96. The average molecular weight is 514 g/mol. The summed E-state index contributed by atoms with van der Waals surface area (Å²) in [5.41, 5.74) is 2.43. The number of benzene rings is 1. The lowest BCUT2D eigenvalue weighted by molar-refractivity contribution is -0.112. The number of ketones is 1. The zero-order valence-corrected chi connectivity index (χ0v) is 19.7. The fourth-order valence-electron chi connectivity index (χ4n) is 2.75.